The fourth-order valence-electron chi connectivity index (χ4n) is 3.49. The number of ether oxygens (including phenoxy) is 1. The number of likely N-dealkylation sites (tertiary alicyclic amines) is 2. The van der Waals surface area contributed by atoms with Crippen LogP contribution in [0.2, 0.25) is 0 Å². The van der Waals surface area contributed by atoms with Gasteiger partial charge >= 0.3 is 6.09 Å². The van der Waals surface area contributed by atoms with Gasteiger partial charge in [-0.25, -0.2) is 4.79 Å². The zero-order valence-corrected chi connectivity index (χ0v) is 18.0. The Balaban J connectivity index is 1.79. The Morgan fingerprint density at radius 1 is 1.26 bits per heavy atom. The van der Waals surface area contributed by atoms with E-state index in [0.29, 0.717) is 25.0 Å². The topological polar surface area (TPSA) is 69.2 Å². The SMILES string of the molecule is CCNC(=NCC1CCCN(C(C)C)C1)NC1CN(C(=O)OC(C)(C)C)C1. The lowest BCUT2D eigenvalue weighted by Crippen LogP contribution is -2.63. The summed E-state index contributed by atoms with van der Waals surface area (Å²) in [6.45, 7) is 17.6. The first kappa shape index (κ1) is 21.8. The molecule has 0 aromatic rings. The second-order valence-electron chi connectivity index (χ2n) is 9.04. The number of nitrogens with one attached hydrogen (secondary N) is 2. The van der Waals surface area contributed by atoms with E-state index < -0.39 is 5.60 Å². The molecular formula is C20H39N5O2. The number of piperidine rings is 1. The Bertz CT molecular complexity index is 509. The van der Waals surface area contributed by atoms with Gasteiger partial charge in [-0.2, -0.15) is 0 Å². The van der Waals surface area contributed by atoms with Gasteiger partial charge in [0.15, 0.2) is 5.96 Å². The minimum absolute atomic E-state index is 0.230. The lowest BCUT2D eigenvalue weighted by molar-refractivity contribution is 0.00700. The minimum atomic E-state index is -0.449. The number of rotatable bonds is 5. The molecule has 2 aliphatic rings. The van der Waals surface area contributed by atoms with Gasteiger partial charge in [0.25, 0.3) is 0 Å². The quantitative estimate of drug-likeness (QED) is 0.565. The summed E-state index contributed by atoms with van der Waals surface area (Å²) < 4.78 is 5.41. The largest absolute Gasteiger partial charge is 0.444 e. The predicted octanol–water partition coefficient (Wildman–Crippen LogP) is 2.28. The number of guanidine groups is 1. The van der Waals surface area contributed by atoms with Crippen molar-refractivity contribution in [2.75, 3.05) is 39.3 Å². The van der Waals surface area contributed by atoms with Crippen LogP contribution in [-0.4, -0.2) is 78.8 Å². The van der Waals surface area contributed by atoms with Crippen LogP contribution in [0.3, 0.4) is 0 Å². The molecule has 1 amide bonds. The second-order valence-corrected chi connectivity index (χ2v) is 9.04. The smallest absolute Gasteiger partial charge is 0.410 e. The fraction of sp³-hybridized carbons (Fsp3) is 0.900. The molecule has 0 radical (unpaired) electrons. The van der Waals surface area contributed by atoms with Gasteiger partial charge in [-0.1, -0.05) is 0 Å². The highest BCUT2D eigenvalue weighted by Gasteiger charge is 2.34. The molecule has 156 valence electrons. The molecule has 2 N–H and O–H groups in total. The molecule has 0 saturated carbocycles. The summed E-state index contributed by atoms with van der Waals surface area (Å²) in [5.41, 5.74) is -0.449. The van der Waals surface area contributed by atoms with Crippen molar-refractivity contribution >= 4 is 12.1 Å². The molecule has 1 atom stereocenters. The van der Waals surface area contributed by atoms with Gasteiger partial charge in [-0.05, 0) is 66.8 Å². The molecular weight excluding hydrogens is 342 g/mol. The van der Waals surface area contributed by atoms with Gasteiger partial charge in [0, 0.05) is 38.8 Å². The summed E-state index contributed by atoms with van der Waals surface area (Å²) in [6.07, 6.45) is 2.27. The van der Waals surface area contributed by atoms with Crippen LogP contribution in [0.1, 0.15) is 54.4 Å². The molecule has 2 fully saturated rings. The molecule has 0 aliphatic carbocycles. The van der Waals surface area contributed by atoms with E-state index in [9.17, 15) is 4.79 Å². The van der Waals surface area contributed by atoms with Crippen molar-refractivity contribution in [2.24, 2.45) is 10.9 Å². The molecule has 2 rings (SSSR count). The van der Waals surface area contributed by atoms with E-state index in [4.69, 9.17) is 9.73 Å². The van der Waals surface area contributed by atoms with Crippen molar-refractivity contribution in [3.8, 4) is 0 Å². The molecule has 0 spiro atoms. The van der Waals surface area contributed by atoms with Gasteiger partial charge in [0.1, 0.15) is 5.60 Å². The molecule has 2 saturated heterocycles. The maximum absolute atomic E-state index is 12.0. The molecule has 0 bridgehead atoms. The van der Waals surface area contributed by atoms with Crippen LogP contribution in [0.25, 0.3) is 0 Å². The maximum Gasteiger partial charge on any atom is 0.410 e. The number of hydrogen-bond donors (Lipinski definition) is 2. The van der Waals surface area contributed by atoms with Crippen molar-refractivity contribution in [3.63, 3.8) is 0 Å². The number of hydrogen-bond acceptors (Lipinski definition) is 4. The Hall–Kier alpha value is -1.50. The van der Waals surface area contributed by atoms with Gasteiger partial charge in [0.05, 0.1) is 6.04 Å². The maximum atomic E-state index is 12.0. The average molecular weight is 382 g/mol. The molecule has 0 aromatic carbocycles. The van der Waals surface area contributed by atoms with Crippen molar-refractivity contribution in [2.45, 2.75) is 72.1 Å². The van der Waals surface area contributed by atoms with Crippen LogP contribution in [0.5, 0.6) is 0 Å². The fourth-order valence-corrected chi connectivity index (χ4v) is 3.49. The zero-order chi connectivity index (χ0) is 20.0. The van der Waals surface area contributed by atoms with Crippen molar-refractivity contribution in [3.05, 3.63) is 0 Å². The third kappa shape index (κ3) is 7.20. The van der Waals surface area contributed by atoms with E-state index in [-0.39, 0.29) is 12.1 Å². The Labute approximate surface area is 164 Å². The van der Waals surface area contributed by atoms with E-state index in [1.54, 1.807) is 4.90 Å². The third-order valence-electron chi connectivity index (χ3n) is 5.01. The van der Waals surface area contributed by atoms with E-state index in [0.717, 1.165) is 25.6 Å². The van der Waals surface area contributed by atoms with Crippen molar-refractivity contribution in [1.29, 1.82) is 0 Å². The number of amides is 1. The van der Waals surface area contributed by atoms with Crippen molar-refractivity contribution in [1.82, 2.24) is 20.4 Å². The van der Waals surface area contributed by atoms with Crippen LogP contribution in [0.15, 0.2) is 4.99 Å². The first-order valence-corrected chi connectivity index (χ1v) is 10.4. The Morgan fingerprint density at radius 3 is 2.56 bits per heavy atom. The highest BCUT2D eigenvalue weighted by Crippen LogP contribution is 2.19. The summed E-state index contributed by atoms with van der Waals surface area (Å²) >= 11 is 0. The second kappa shape index (κ2) is 9.62. The molecule has 2 aliphatic heterocycles. The number of aliphatic imine (C=N–C) groups is 1. The summed E-state index contributed by atoms with van der Waals surface area (Å²) in [6, 6.07) is 0.839. The number of carbonyl (C=O) groups is 1. The van der Waals surface area contributed by atoms with Crippen LogP contribution in [-0.2, 0) is 4.74 Å². The summed E-state index contributed by atoms with van der Waals surface area (Å²) in [5.74, 6) is 1.48. The van der Waals surface area contributed by atoms with E-state index >= 15 is 0 Å². The third-order valence-corrected chi connectivity index (χ3v) is 5.01. The predicted molar refractivity (Wildman–Crippen MR) is 110 cm³/mol. The van der Waals surface area contributed by atoms with E-state index in [1.807, 2.05) is 20.8 Å². The van der Waals surface area contributed by atoms with Gasteiger partial charge < -0.3 is 25.2 Å². The highest BCUT2D eigenvalue weighted by molar-refractivity contribution is 5.80. The minimum Gasteiger partial charge on any atom is -0.444 e. The highest BCUT2D eigenvalue weighted by atomic mass is 16.6. The van der Waals surface area contributed by atoms with E-state index in [1.165, 1.54) is 19.4 Å². The molecule has 7 nitrogen and oxygen atoms in total. The van der Waals surface area contributed by atoms with Crippen LogP contribution in [0, 0.1) is 5.92 Å². The lowest BCUT2D eigenvalue weighted by atomic mass is 9.97. The van der Waals surface area contributed by atoms with Crippen LogP contribution >= 0.6 is 0 Å². The molecule has 7 heteroatoms. The monoisotopic (exact) mass is 381 g/mol. The molecule has 2 heterocycles. The summed E-state index contributed by atoms with van der Waals surface area (Å²) in [4.78, 5) is 21.1. The van der Waals surface area contributed by atoms with E-state index in [2.05, 4.69) is 36.3 Å². The normalized spacial score (nSPS) is 22.6. The van der Waals surface area contributed by atoms with Gasteiger partial charge in [-0.3, -0.25) is 4.99 Å². The average Bonchev–Trinajstić information content (AvgIpc) is 2.53. The number of carbonyl (C=O) groups excluding carboxylic acids is 1. The van der Waals surface area contributed by atoms with Crippen LogP contribution < -0.4 is 10.6 Å². The number of nitrogens with zero attached hydrogens (tertiary/aromatic N) is 3. The summed E-state index contributed by atoms with van der Waals surface area (Å²) in [5, 5.41) is 6.78. The van der Waals surface area contributed by atoms with Crippen LogP contribution in [0.4, 0.5) is 4.79 Å². The standard InChI is InChI=1S/C20H39N5O2/c1-7-21-18(22-11-16-9-8-10-24(12-16)15(2)3)23-17-13-25(14-17)19(26)27-20(4,5)6/h15-17H,7-14H2,1-6H3,(H2,21,22,23). The van der Waals surface area contributed by atoms with Gasteiger partial charge in [0.2, 0.25) is 0 Å². The lowest BCUT2D eigenvalue weighted by Gasteiger charge is -2.40. The summed E-state index contributed by atoms with van der Waals surface area (Å²) in [7, 11) is 0. The first-order chi connectivity index (χ1) is 12.7. The molecule has 1 unspecified atom stereocenters. The molecule has 0 aromatic heterocycles. The van der Waals surface area contributed by atoms with Gasteiger partial charge in [-0.15, -0.1) is 0 Å². The first-order valence-electron chi connectivity index (χ1n) is 10.4. The molecule has 27 heavy (non-hydrogen) atoms. The van der Waals surface area contributed by atoms with Crippen molar-refractivity contribution < 1.29 is 9.53 Å². The zero-order valence-electron chi connectivity index (χ0n) is 18.0. The Kier molecular flexibility index (Phi) is 7.77. The Morgan fingerprint density at radius 2 is 1.96 bits per heavy atom.